The predicted octanol–water partition coefficient (Wildman–Crippen LogP) is 1.34. The van der Waals surface area contributed by atoms with Crippen LogP contribution >= 0.6 is 0 Å². The number of aromatic hydroxyl groups is 1. The topological polar surface area (TPSA) is 97.0 Å². The van der Waals surface area contributed by atoms with Crippen LogP contribution in [0.4, 0.5) is 10.1 Å². The van der Waals surface area contributed by atoms with Crippen molar-refractivity contribution in [3.05, 3.63) is 86.4 Å². The first kappa shape index (κ1) is 21.9. The SMILES string of the molecule is O=C1c2c(O)c(=O)n(-c3ccc(N4CCOCC4)cc3)c(=O)n2CCN1Cc1ccc(F)cc1. The number of carbonyl (C=O) groups is 1. The number of ether oxygens (including phenoxy) is 1. The number of fused-ring (bicyclic) bond motifs is 1. The third-order valence-corrected chi connectivity index (χ3v) is 6.18. The van der Waals surface area contributed by atoms with E-state index >= 15 is 0 Å². The number of hydrogen-bond acceptors (Lipinski definition) is 6. The summed E-state index contributed by atoms with van der Waals surface area (Å²) in [5.41, 5.74) is -0.0323. The van der Waals surface area contributed by atoms with Crippen LogP contribution < -0.4 is 16.1 Å². The zero-order valence-electron chi connectivity index (χ0n) is 18.3. The van der Waals surface area contributed by atoms with Gasteiger partial charge >= 0.3 is 11.2 Å². The number of anilines is 1. The molecule has 1 fully saturated rings. The molecule has 2 aliphatic rings. The van der Waals surface area contributed by atoms with Crippen LogP contribution in [0.5, 0.6) is 5.75 Å². The van der Waals surface area contributed by atoms with Crippen molar-refractivity contribution in [3.8, 4) is 11.4 Å². The van der Waals surface area contributed by atoms with Crippen LogP contribution in [0.15, 0.2) is 58.1 Å². The van der Waals surface area contributed by atoms with Crippen molar-refractivity contribution < 1.29 is 19.0 Å². The Morgan fingerprint density at radius 3 is 2.18 bits per heavy atom. The summed E-state index contributed by atoms with van der Waals surface area (Å²) in [5, 5.41) is 10.6. The Morgan fingerprint density at radius 1 is 0.853 bits per heavy atom. The molecular formula is C24H23FN4O5. The Bertz CT molecular complexity index is 1340. The Hall–Kier alpha value is -3.92. The van der Waals surface area contributed by atoms with Crippen molar-refractivity contribution >= 4 is 11.6 Å². The molecule has 5 rings (SSSR count). The molecule has 2 aliphatic heterocycles. The zero-order chi connectivity index (χ0) is 23.8. The summed E-state index contributed by atoms with van der Waals surface area (Å²) in [7, 11) is 0. The Labute approximate surface area is 193 Å². The molecular weight excluding hydrogens is 443 g/mol. The van der Waals surface area contributed by atoms with Crippen molar-refractivity contribution in [2.24, 2.45) is 0 Å². The number of nitrogens with zero attached hydrogens (tertiary/aromatic N) is 4. The van der Waals surface area contributed by atoms with E-state index in [4.69, 9.17) is 4.74 Å². The maximum atomic E-state index is 13.2. The van der Waals surface area contributed by atoms with Crippen molar-refractivity contribution in [1.29, 1.82) is 0 Å². The molecule has 1 amide bonds. The second kappa shape index (κ2) is 8.79. The van der Waals surface area contributed by atoms with E-state index in [1.54, 1.807) is 24.3 Å². The number of amides is 1. The fourth-order valence-electron chi connectivity index (χ4n) is 4.36. The van der Waals surface area contributed by atoms with E-state index in [-0.39, 0.29) is 31.1 Å². The lowest BCUT2D eigenvalue weighted by Gasteiger charge is -2.30. The number of aromatic nitrogens is 2. The molecule has 34 heavy (non-hydrogen) atoms. The molecule has 3 aromatic rings. The van der Waals surface area contributed by atoms with E-state index in [1.807, 2.05) is 12.1 Å². The van der Waals surface area contributed by atoms with Gasteiger partial charge in [-0.2, -0.15) is 0 Å². The molecule has 1 N–H and O–H groups in total. The maximum absolute atomic E-state index is 13.2. The number of rotatable bonds is 4. The third kappa shape index (κ3) is 3.86. The highest BCUT2D eigenvalue weighted by Gasteiger charge is 2.32. The molecule has 176 valence electrons. The number of hydrogen-bond donors (Lipinski definition) is 1. The van der Waals surface area contributed by atoms with Gasteiger partial charge < -0.3 is 19.6 Å². The first-order valence-electron chi connectivity index (χ1n) is 11.0. The van der Waals surface area contributed by atoms with Gasteiger partial charge in [-0.25, -0.2) is 13.8 Å². The average Bonchev–Trinajstić information content (AvgIpc) is 2.86. The van der Waals surface area contributed by atoms with Gasteiger partial charge in [-0.05, 0) is 42.0 Å². The van der Waals surface area contributed by atoms with E-state index in [1.165, 1.54) is 17.0 Å². The van der Waals surface area contributed by atoms with Crippen LogP contribution in [0.1, 0.15) is 16.1 Å². The molecule has 0 aliphatic carbocycles. The lowest BCUT2D eigenvalue weighted by molar-refractivity contribution is 0.0678. The summed E-state index contributed by atoms with van der Waals surface area (Å²) in [6.45, 7) is 3.24. The molecule has 10 heteroatoms. The molecule has 2 aromatic carbocycles. The van der Waals surface area contributed by atoms with Gasteiger partial charge in [-0.1, -0.05) is 12.1 Å². The Balaban J connectivity index is 1.47. The predicted molar refractivity (Wildman–Crippen MR) is 122 cm³/mol. The summed E-state index contributed by atoms with van der Waals surface area (Å²) >= 11 is 0. The minimum atomic E-state index is -0.952. The molecule has 0 saturated carbocycles. The highest BCUT2D eigenvalue weighted by Crippen LogP contribution is 2.22. The second-order valence-corrected chi connectivity index (χ2v) is 8.24. The van der Waals surface area contributed by atoms with Crippen molar-refractivity contribution in [2.45, 2.75) is 13.1 Å². The largest absolute Gasteiger partial charge is 0.501 e. The van der Waals surface area contributed by atoms with Crippen LogP contribution in [-0.2, 0) is 17.8 Å². The van der Waals surface area contributed by atoms with Gasteiger partial charge in [-0.15, -0.1) is 0 Å². The molecule has 9 nitrogen and oxygen atoms in total. The van der Waals surface area contributed by atoms with Crippen LogP contribution in [0.25, 0.3) is 5.69 Å². The summed E-state index contributed by atoms with van der Waals surface area (Å²) in [5.74, 6) is -1.79. The first-order chi connectivity index (χ1) is 16.4. The van der Waals surface area contributed by atoms with E-state index in [0.29, 0.717) is 24.5 Å². The smallest absolute Gasteiger partial charge is 0.336 e. The van der Waals surface area contributed by atoms with E-state index in [0.717, 1.165) is 27.9 Å². The first-order valence-corrected chi connectivity index (χ1v) is 11.0. The van der Waals surface area contributed by atoms with E-state index in [9.17, 15) is 23.9 Å². The molecule has 1 saturated heterocycles. The number of benzene rings is 2. The van der Waals surface area contributed by atoms with Crippen LogP contribution in [0, 0.1) is 5.82 Å². The van der Waals surface area contributed by atoms with Gasteiger partial charge in [0, 0.05) is 38.4 Å². The van der Waals surface area contributed by atoms with Crippen LogP contribution in [-0.4, -0.2) is 57.9 Å². The van der Waals surface area contributed by atoms with Gasteiger partial charge in [0.2, 0.25) is 5.75 Å². The van der Waals surface area contributed by atoms with Gasteiger partial charge in [0.1, 0.15) is 5.82 Å². The molecule has 1 aromatic heterocycles. The summed E-state index contributed by atoms with van der Waals surface area (Å²) in [6, 6.07) is 12.6. The van der Waals surface area contributed by atoms with Crippen molar-refractivity contribution in [2.75, 3.05) is 37.7 Å². The molecule has 0 unspecified atom stereocenters. The molecule has 0 atom stereocenters. The Morgan fingerprint density at radius 2 is 1.50 bits per heavy atom. The highest BCUT2D eigenvalue weighted by atomic mass is 19.1. The van der Waals surface area contributed by atoms with Crippen LogP contribution in [0.2, 0.25) is 0 Å². The lowest BCUT2D eigenvalue weighted by atomic mass is 10.1. The second-order valence-electron chi connectivity index (χ2n) is 8.24. The normalized spacial score (nSPS) is 16.0. The molecule has 0 radical (unpaired) electrons. The third-order valence-electron chi connectivity index (χ3n) is 6.18. The number of carbonyl (C=O) groups excluding carboxylic acids is 1. The van der Waals surface area contributed by atoms with E-state index in [2.05, 4.69) is 4.90 Å². The van der Waals surface area contributed by atoms with Gasteiger partial charge in [0.05, 0.1) is 18.9 Å². The fourth-order valence-corrected chi connectivity index (χ4v) is 4.36. The molecule has 3 heterocycles. The van der Waals surface area contributed by atoms with Crippen molar-refractivity contribution in [3.63, 3.8) is 0 Å². The standard InChI is InChI=1S/C24H23FN4O5/c25-17-3-1-16(2-4-17)15-27-9-10-28-20(22(27)31)21(30)23(32)29(24(28)33)19-7-5-18(6-8-19)26-11-13-34-14-12-26/h1-8,30H,9-15H2. The highest BCUT2D eigenvalue weighted by molar-refractivity contribution is 5.95. The summed E-state index contributed by atoms with van der Waals surface area (Å²) in [4.78, 5) is 42.8. The molecule has 0 bridgehead atoms. The quantitative estimate of drug-likeness (QED) is 0.623. The molecule has 0 spiro atoms. The van der Waals surface area contributed by atoms with Crippen molar-refractivity contribution in [1.82, 2.24) is 14.0 Å². The fraction of sp³-hybridized carbons (Fsp3) is 0.292. The lowest BCUT2D eigenvalue weighted by Crippen LogP contribution is -2.49. The Kier molecular flexibility index (Phi) is 5.66. The van der Waals surface area contributed by atoms with Gasteiger partial charge in [0.25, 0.3) is 5.91 Å². The minimum Gasteiger partial charge on any atom is -0.501 e. The number of halogens is 1. The number of morpholine rings is 1. The van der Waals surface area contributed by atoms with Gasteiger partial charge in [-0.3, -0.25) is 14.2 Å². The summed E-state index contributed by atoms with van der Waals surface area (Å²) < 4.78 is 20.6. The summed E-state index contributed by atoms with van der Waals surface area (Å²) in [6.07, 6.45) is 0. The van der Waals surface area contributed by atoms with Gasteiger partial charge in [0.15, 0.2) is 5.69 Å². The van der Waals surface area contributed by atoms with Crippen LogP contribution in [0.3, 0.4) is 0 Å². The monoisotopic (exact) mass is 466 g/mol. The maximum Gasteiger partial charge on any atom is 0.336 e. The minimum absolute atomic E-state index is 0.112. The zero-order valence-corrected chi connectivity index (χ0v) is 18.3. The van der Waals surface area contributed by atoms with E-state index < -0.39 is 22.9 Å². The average molecular weight is 466 g/mol.